The molecule has 1 fully saturated rings. The van der Waals surface area contributed by atoms with Crippen molar-refractivity contribution in [1.82, 2.24) is 4.90 Å². The van der Waals surface area contributed by atoms with Gasteiger partial charge in [0.15, 0.2) is 5.78 Å². The number of carbonyl (C=O) groups excluding carboxylic acids is 2. The van der Waals surface area contributed by atoms with E-state index in [-0.39, 0.29) is 5.78 Å². The first-order chi connectivity index (χ1) is 8.70. The second kappa shape index (κ2) is 5.78. The van der Waals surface area contributed by atoms with E-state index in [0.717, 1.165) is 13.1 Å². The molecule has 2 rings (SSSR count). The van der Waals surface area contributed by atoms with Crippen molar-refractivity contribution >= 4 is 11.8 Å². The highest BCUT2D eigenvalue weighted by Gasteiger charge is 2.32. The largest absolute Gasteiger partial charge is 0.468 e. The number of Topliss-reactive ketones (excluding diaryl/α,β-unsaturated/α-hetero) is 1. The van der Waals surface area contributed by atoms with E-state index >= 15 is 0 Å². The number of carbonyl (C=O) groups is 2. The summed E-state index contributed by atoms with van der Waals surface area (Å²) in [4.78, 5) is 25.3. The minimum Gasteiger partial charge on any atom is -0.468 e. The summed E-state index contributed by atoms with van der Waals surface area (Å²) >= 11 is 0. The zero-order chi connectivity index (χ0) is 13.0. The number of hydrogen-bond acceptors (Lipinski definition) is 4. The maximum atomic E-state index is 11.9. The van der Waals surface area contributed by atoms with E-state index in [1.807, 2.05) is 30.3 Å². The summed E-state index contributed by atoms with van der Waals surface area (Å²) in [5, 5.41) is 0. The molecular formula is C14H17NO3. The number of nitrogens with zero attached hydrogens (tertiary/aromatic N) is 1. The number of rotatable bonds is 3. The van der Waals surface area contributed by atoms with Crippen LogP contribution in [0.4, 0.5) is 0 Å². The van der Waals surface area contributed by atoms with Gasteiger partial charge in [-0.25, -0.2) is 0 Å². The lowest BCUT2D eigenvalue weighted by Crippen LogP contribution is -2.43. The SMILES string of the molecule is COC(=O)[C@H]1CCN(Cc2ccccc2)CC1=O. The fourth-order valence-corrected chi connectivity index (χ4v) is 2.25. The molecule has 0 bridgehead atoms. The van der Waals surface area contributed by atoms with Crippen LogP contribution < -0.4 is 0 Å². The lowest BCUT2D eigenvalue weighted by atomic mass is 9.95. The number of piperidine rings is 1. The van der Waals surface area contributed by atoms with Crippen molar-refractivity contribution < 1.29 is 14.3 Å². The molecule has 0 amide bonds. The van der Waals surface area contributed by atoms with Crippen molar-refractivity contribution in [2.75, 3.05) is 20.2 Å². The van der Waals surface area contributed by atoms with Crippen LogP contribution in [-0.4, -0.2) is 36.9 Å². The Morgan fingerprint density at radius 2 is 2.11 bits per heavy atom. The van der Waals surface area contributed by atoms with Gasteiger partial charge in [-0.15, -0.1) is 0 Å². The molecule has 0 saturated carbocycles. The predicted molar refractivity (Wildman–Crippen MR) is 66.8 cm³/mol. The van der Waals surface area contributed by atoms with Gasteiger partial charge in [-0.2, -0.15) is 0 Å². The van der Waals surface area contributed by atoms with Gasteiger partial charge in [0.2, 0.25) is 0 Å². The molecule has 1 heterocycles. The molecule has 1 aromatic rings. The van der Waals surface area contributed by atoms with Crippen LogP contribution in [-0.2, 0) is 20.9 Å². The van der Waals surface area contributed by atoms with Crippen molar-refractivity contribution in [3.8, 4) is 0 Å². The fourth-order valence-electron chi connectivity index (χ4n) is 2.25. The third-order valence-electron chi connectivity index (χ3n) is 3.24. The Morgan fingerprint density at radius 1 is 1.39 bits per heavy atom. The van der Waals surface area contributed by atoms with Crippen LogP contribution in [0.1, 0.15) is 12.0 Å². The first-order valence-corrected chi connectivity index (χ1v) is 6.07. The Hall–Kier alpha value is -1.68. The van der Waals surface area contributed by atoms with Gasteiger partial charge in [-0.05, 0) is 12.0 Å². The van der Waals surface area contributed by atoms with E-state index in [9.17, 15) is 9.59 Å². The van der Waals surface area contributed by atoms with Crippen molar-refractivity contribution in [3.05, 3.63) is 35.9 Å². The molecule has 1 atom stereocenters. The van der Waals surface area contributed by atoms with E-state index in [0.29, 0.717) is 13.0 Å². The highest BCUT2D eigenvalue weighted by molar-refractivity contribution is 6.00. The quantitative estimate of drug-likeness (QED) is 0.596. The lowest BCUT2D eigenvalue weighted by molar-refractivity contribution is -0.151. The molecule has 1 saturated heterocycles. The first kappa shape index (κ1) is 12.8. The molecule has 1 aromatic carbocycles. The van der Waals surface area contributed by atoms with Crippen LogP contribution in [0.3, 0.4) is 0 Å². The zero-order valence-electron chi connectivity index (χ0n) is 10.5. The minimum atomic E-state index is -0.568. The van der Waals surface area contributed by atoms with Crippen molar-refractivity contribution in [2.45, 2.75) is 13.0 Å². The fraction of sp³-hybridized carbons (Fsp3) is 0.429. The normalized spacial score (nSPS) is 20.7. The van der Waals surface area contributed by atoms with Gasteiger partial charge in [0.05, 0.1) is 13.7 Å². The summed E-state index contributed by atoms with van der Waals surface area (Å²) in [5.74, 6) is -1.01. The Bertz CT molecular complexity index is 430. The second-order valence-corrected chi connectivity index (χ2v) is 4.53. The van der Waals surface area contributed by atoms with Gasteiger partial charge in [0.1, 0.15) is 5.92 Å². The Kier molecular flexibility index (Phi) is 4.10. The Balaban J connectivity index is 1.93. The maximum Gasteiger partial charge on any atom is 0.316 e. The van der Waals surface area contributed by atoms with Crippen LogP contribution in [0.2, 0.25) is 0 Å². The van der Waals surface area contributed by atoms with Gasteiger partial charge in [0.25, 0.3) is 0 Å². The van der Waals surface area contributed by atoms with Gasteiger partial charge < -0.3 is 4.74 Å². The first-order valence-electron chi connectivity index (χ1n) is 6.07. The van der Waals surface area contributed by atoms with Crippen molar-refractivity contribution in [2.24, 2.45) is 5.92 Å². The third kappa shape index (κ3) is 2.96. The number of hydrogen-bond donors (Lipinski definition) is 0. The van der Waals surface area contributed by atoms with E-state index in [2.05, 4.69) is 9.64 Å². The molecule has 0 unspecified atom stereocenters. The molecule has 0 spiro atoms. The van der Waals surface area contributed by atoms with Crippen LogP contribution >= 0.6 is 0 Å². The molecule has 4 heteroatoms. The number of methoxy groups -OCH3 is 1. The van der Waals surface area contributed by atoms with Gasteiger partial charge in [-0.1, -0.05) is 30.3 Å². The molecule has 4 nitrogen and oxygen atoms in total. The number of esters is 1. The summed E-state index contributed by atoms with van der Waals surface area (Å²) in [6, 6.07) is 10.0. The lowest BCUT2D eigenvalue weighted by Gasteiger charge is -2.29. The Labute approximate surface area is 107 Å². The minimum absolute atomic E-state index is 0.0379. The number of ether oxygens (including phenoxy) is 1. The summed E-state index contributed by atoms with van der Waals surface area (Å²) in [6.45, 7) is 1.83. The van der Waals surface area contributed by atoms with E-state index in [1.54, 1.807) is 0 Å². The molecule has 96 valence electrons. The second-order valence-electron chi connectivity index (χ2n) is 4.53. The molecule has 1 aliphatic heterocycles. The summed E-state index contributed by atoms with van der Waals surface area (Å²) < 4.78 is 4.64. The molecular weight excluding hydrogens is 230 g/mol. The van der Waals surface area contributed by atoms with Gasteiger partial charge in [-0.3, -0.25) is 14.5 Å². The molecule has 0 N–H and O–H groups in total. The summed E-state index contributed by atoms with van der Waals surface area (Å²) in [7, 11) is 1.33. The Morgan fingerprint density at radius 3 is 2.72 bits per heavy atom. The summed E-state index contributed by atoms with van der Waals surface area (Å²) in [6.07, 6.45) is 0.554. The third-order valence-corrected chi connectivity index (χ3v) is 3.24. The molecule has 1 aliphatic rings. The standard InChI is InChI=1S/C14H17NO3/c1-18-14(17)12-7-8-15(10-13(12)16)9-11-5-3-2-4-6-11/h2-6,12H,7-10H2,1H3/t12-/m0/s1. The van der Waals surface area contributed by atoms with E-state index in [4.69, 9.17) is 0 Å². The van der Waals surface area contributed by atoms with Crippen LogP contribution in [0.25, 0.3) is 0 Å². The van der Waals surface area contributed by atoms with Crippen molar-refractivity contribution in [1.29, 1.82) is 0 Å². The molecule has 0 radical (unpaired) electrons. The molecule has 18 heavy (non-hydrogen) atoms. The monoisotopic (exact) mass is 247 g/mol. The average Bonchev–Trinajstić information content (AvgIpc) is 2.39. The summed E-state index contributed by atoms with van der Waals surface area (Å²) in [5.41, 5.74) is 1.18. The maximum absolute atomic E-state index is 11.9. The highest BCUT2D eigenvalue weighted by Crippen LogP contribution is 2.17. The van der Waals surface area contributed by atoms with Crippen LogP contribution in [0.15, 0.2) is 30.3 Å². The predicted octanol–water partition coefficient (Wildman–Crippen LogP) is 1.25. The van der Waals surface area contributed by atoms with E-state index < -0.39 is 11.9 Å². The molecule has 0 aromatic heterocycles. The van der Waals surface area contributed by atoms with Gasteiger partial charge in [0, 0.05) is 13.1 Å². The van der Waals surface area contributed by atoms with Gasteiger partial charge >= 0.3 is 5.97 Å². The number of likely N-dealkylation sites (tertiary alicyclic amines) is 1. The average molecular weight is 247 g/mol. The van der Waals surface area contributed by atoms with Crippen LogP contribution in [0.5, 0.6) is 0 Å². The smallest absolute Gasteiger partial charge is 0.316 e. The zero-order valence-corrected chi connectivity index (χ0v) is 10.5. The topological polar surface area (TPSA) is 46.6 Å². The van der Waals surface area contributed by atoms with Crippen LogP contribution in [0, 0.1) is 5.92 Å². The highest BCUT2D eigenvalue weighted by atomic mass is 16.5. The van der Waals surface area contributed by atoms with Crippen molar-refractivity contribution in [3.63, 3.8) is 0 Å². The van der Waals surface area contributed by atoms with E-state index in [1.165, 1.54) is 12.7 Å². The molecule has 0 aliphatic carbocycles. The number of ketones is 1. The number of benzene rings is 1.